The molecule has 0 saturated heterocycles. The fourth-order valence-corrected chi connectivity index (χ4v) is 2.36. The van der Waals surface area contributed by atoms with Gasteiger partial charge in [0.15, 0.2) is 11.6 Å². The molecule has 1 N–H and O–H groups in total. The van der Waals surface area contributed by atoms with Crippen LogP contribution < -0.4 is 0 Å². The largest absolute Gasteiger partial charge is 0.458 e. The molecule has 0 amide bonds. The molecule has 1 unspecified atom stereocenters. The molecular weight excluding hydrogens is 274 g/mol. The highest BCUT2D eigenvalue weighted by Gasteiger charge is 2.17. The number of hydrogen-bond acceptors (Lipinski definition) is 2. The topological polar surface area (TPSA) is 33.4 Å². The van der Waals surface area contributed by atoms with E-state index in [2.05, 4.69) is 0 Å². The van der Waals surface area contributed by atoms with Crippen molar-refractivity contribution in [2.45, 2.75) is 19.4 Å². The normalized spacial score (nSPS) is 12.8. The van der Waals surface area contributed by atoms with Gasteiger partial charge in [0.25, 0.3) is 0 Å². The Morgan fingerprint density at radius 2 is 1.95 bits per heavy atom. The Balaban J connectivity index is 1.89. The van der Waals surface area contributed by atoms with Gasteiger partial charge >= 0.3 is 0 Å². The van der Waals surface area contributed by atoms with Gasteiger partial charge in [-0.25, -0.2) is 8.78 Å². The number of halogens is 2. The van der Waals surface area contributed by atoms with Gasteiger partial charge in [-0.2, -0.15) is 0 Å². The van der Waals surface area contributed by atoms with E-state index in [0.717, 1.165) is 17.0 Å². The third kappa shape index (κ3) is 2.67. The molecule has 0 saturated carbocycles. The van der Waals surface area contributed by atoms with E-state index in [1.807, 2.05) is 25.1 Å². The average molecular weight is 288 g/mol. The van der Waals surface area contributed by atoms with Crippen LogP contribution in [0, 0.1) is 18.6 Å². The number of aryl methyl sites for hydroxylation is 1. The van der Waals surface area contributed by atoms with Gasteiger partial charge in [-0.1, -0.05) is 23.8 Å². The lowest BCUT2D eigenvalue weighted by Crippen LogP contribution is -2.03. The summed E-state index contributed by atoms with van der Waals surface area (Å²) in [6, 6.07) is 11.3. The Labute approximate surface area is 120 Å². The summed E-state index contributed by atoms with van der Waals surface area (Å²) in [6.07, 6.45) is -1.06. The molecule has 108 valence electrons. The third-order valence-corrected chi connectivity index (χ3v) is 3.46. The van der Waals surface area contributed by atoms with Gasteiger partial charge < -0.3 is 9.52 Å². The zero-order chi connectivity index (χ0) is 15.0. The second-order valence-electron chi connectivity index (χ2n) is 5.12. The first-order valence-electron chi connectivity index (χ1n) is 6.65. The number of aliphatic hydroxyl groups excluding tert-OH is 1. The van der Waals surface area contributed by atoms with Gasteiger partial charge in [-0.15, -0.1) is 0 Å². The highest BCUT2D eigenvalue weighted by molar-refractivity contribution is 5.78. The van der Waals surface area contributed by atoms with E-state index in [4.69, 9.17) is 4.42 Å². The van der Waals surface area contributed by atoms with Gasteiger partial charge in [0, 0.05) is 11.8 Å². The van der Waals surface area contributed by atoms with Crippen LogP contribution in [0.5, 0.6) is 0 Å². The van der Waals surface area contributed by atoms with Crippen molar-refractivity contribution in [1.82, 2.24) is 0 Å². The maximum Gasteiger partial charge on any atom is 0.162 e. The Bertz CT molecular complexity index is 793. The van der Waals surface area contributed by atoms with Crippen LogP contribution >= 0.6 is 0 Å². The first kappa shape index (κ1) is 13.8. The lowest BCUT2D eigenvalue weighted by molar-refractivity contribution is 0.151. The lowest BCUT2D eigenvalue weighted by atomic mass is 10.1. The molecule has 3 aromatic rings. The monoisotopic (exact) mass is 288 g/mol. The van der Waals surface area contributed by atoms with E-state index in [9.17, 15) is 13.9 Å². The van der Waals surface area contributed by atoms with Crippen LogP contribution in [0.4, 0.5) is 8.78 Å². The lowest BCUT2D eigenvalue weighted by Gasteiger charge is -2.08. The second-order valence-corrected chi connectivity index (χ2v) is 5.12. The summed E-state index contributed by atoms with van der Waals surface area (Å²) in [6.45, 7) is 1.96. The second kappa shape index (κ2) is 5.30. The highest BCUT2D eigenvalue weighted by Crippen LogP contribution is 2.27. The molecule has 1 aromatic heterocycles. The first-order chi connectivity index (χ1) is 10.0. The Morgan fingerprint density at radius 3 is 2.76 bits per heavy atom. The van der Waals surface area contributed by atoms with Crippen molar-refractivity contribution in [2.24, 2.45) is 0 Å². The van der Waals surface area contributed by atoms with Gasteiger partial charge in [0.2, 0.25) is 0 Å². The number of benzene rings is 2. The Hall–Kier alpha value is -2.20. The zero-order valence-corrected chi connectivity index (χ0v) is 11.4. The van der Waals surface area contributed by atoms with E-state index < -0.39 is 17.7 Å². The van der Waals surface area contributed by atoms with Crippen molar-refractivity contribution in [3.63, 3.8) is 0 Å². The minimum absolute atomic E-state index is 0.0393. The quantitative estimate of drug-likeness (QED) is 0.779. The number of hydrogen-bond donors (Lipinski definition) is 1. The standard InChI is InChI=1S/C17H14F2O2/c1-10-5-6-15-12(7-10)9-16(21-15)14(20)8-11-3-2-4-13(18)17(11)19/h2-7,9,14,20H,8H2,1H3. The highest BCUT2D eigenvalue weighted by atomic mass is 19.2. The molecule has 2 nitrogen and oxygen atoms in total. The molecule has 3 rings (SSSR count). The molecule has 0 fully saturated rings. The van der Waals surface area contributed by atoms with E-state index >= 15 is 0 Å². The van der Waals surface area contributed by atoms with Gasteiger partial charge in [0.05, 0.1) is 0 Å². The van der Waals surface area contributed by atoms with Crippen molar-refractivity contribution in [3.8, 4) is 0 Å². The van der Waals surface area contributed by atoms with Crippen molar-refractivity contribution < 1.29 is 18.3 Å². The molecule has 0 aliphatic rings. The van der Waals surface area contributed by atoms with Crippen LogP contribution in [-0.2, 0) is 6.42 Å². The predicted molar refractivity (Wildman–Crippen MR) is 76.0 cm³/mol. The molecule has 1 atom stereocenters. The molecule has 0 aliphatic carbocycles. The summed E-state index contributed by atoms with van der Waals surface area (Å²) in [5.74, 6) is -1.50. The summed E-state index contributed by atoms with van der Waals surface area (Å²) in [5, 5.41) is 11.1. The minimum Gasteiger partial charge on any atom is -0.458 e. The van der Waals surface area contributed by atoms with E-state index in [0.29, 0.717) is 11.3 Å². The molecule has 0 bridgehead atoms. The van der Waals surface area contributed by atoms with E-state index in [-0.39, 0.29) is 12.0 Å². The van der Waals surface area contributed by atoms with Crippen molar-refractivity contribution >= 4 is 11.0 Å². The fourth-order valence-electron chi connectivity index (χ4n) is 2.36. The number of fused-ring (bicyclic) bond motifs is 1. The molecule has 4 heteroatoms. The summed E-state index contributed by atoms with van der Waals surface area (Å²) >= 11 is 0. The SMILES string of the molecule is Cc1ccc2oc(C(O)Cc3cccc(F)c3F)cc2c1. The molecule has 1 heterocycles. The molecule has 2 aromatic carbocycles. The number of aliphatic hydroxyl groups is 1. The number of furan rings is 1. The smallest absolute Gasteiger partial charge is 0.162 e. The fraction of sp³-hybridized carbons (Fsp3) is 0.176. The molecule has 21 heavy (non-hydrogen) atoms. The van der Waals surface area contributed by atoms with Crippen LogP contribution in [0.2, 0.25) is 0 Å². The Kier molecular flexibility index (Phi) is 3.47. The van der Waals surface area contributed by atoms with E-state index in [1.54, 1.807) is 6.07 Å². The number of rotatable bonds is 3. The first-order valence-corrected chi connectivity index (χ1v) is 6.65. The Morgan fingerprint density at radius 1 is 1.14 bits per heavy atom. The van der Waals surface area contributed by atoms with Crippen molar-refractivity contribution in [3.05, 3.63) is 71.0 Å². The van der Waals surface area contributed by atoms with Gasteiger partial charge in [0.1, 0.15) is 17.4 Å². The summed E-state index contributed by atoms with van der Waals surface area (Å²) < 4.78 is 32.3. The average Bonchev–Trinajstić information content (AvgIpc) is 2.87. The van der Waals surface area contributed by atoms with E-state index in [1.165, 1.54) is 12.1 Å². The molecular formula is C17H14F2O2. The molecule has 0 aliphatic heterocycles. The van der Waals surface area contributed by atoms with Crippen molar-refractivity contribution in [1.29, 1.82) is 0 Å². The minimum atomic E-state index is -1.02. The summed E-state index contributed by atoms with van der Waals surface area (Å²) in [7, 11) is 0. The maximum absolute atomic E-state index is 13.6. The molecule has 0 radical (unpaired) electrons. The van der Waals surface area contributed by atoms with Crippen LogP contribution in [0.1, 0.15) is 23.0 Å². The maximum atomic E-state index is 13.6. The van der Waals surface area contributed by atoms with Crippen molar-refractivity contribution in [2.75, 3.05) is 0 Å². The van der Waals surface area contributed by atoms with Crippen LogP contribution in [0.3, 0.4) is 0 Å². The predicted octanol–water partition coefficient (Wildman–Crippen LogP) is 4.30. The zero-order valence-electron chi connectivity index (χ0n) is 11.4. The van der Waals surface area contributed by atoms with Gasteiger partial charge in [-0.3, -0.25) is 0 Å². The molecule has 0 spiro atoms. The third-order valence-electron chi connectivity index (χ3n) is 3.46. The summed E-state index contributed by atoms with van der Waals surface area (Å²) in [5.41, 5.74) is 1.87. The summed E-state index contributed by atoms with van der Waals surface area (Å²) in [4.78, 5) is 0. The van der Waals surface area contributed by atoms with Gasteiger partial charge in [-0.05, 0) is 36.8 Å². The van der Waals surface area contributed by atoms with Crippen LogP contribution in [0.25, 0.3) is 11.0 Å². The van der Waals surface area contributed by atoms with Crippen LogP contribution in [-0.4, -0.2) is 5.11 Å². The van der Waals surface area contributed by atoms with Crippen LogP contribution in [0.15, 0.2) is 46.9 Å².